The van der Waals surface area contributed by atoms with Gasteiger partial charge >= 0.3 is 5.97 Å². The molecule has 2 aromatic heterocycles. The summed E-state index contributed by atoms with van der Waals surface area (Å²) in [5, 5.41) is 14.7. The van der Waals surface area contributed by atoms with E-state index >= 15 is 0 Å². The van der Waals surface area contributed by atoms with Crippen LogP contribution in [0.4, 0.5) is 0 Å². The van der Waals surface area contributed by atoms with Crippen LogP contribution in [0.3, 0.4) is 0 Å². The lowest BCUT2D eigenvalue weighted by Crippen LogP contribution is -2.19. The number of benzene rings is 1. The number of hydrogen-bond donors (Lipinski definition) is 1. The second-order valence-electron chi connectivity index (χ2n) is 5.69. The molecule has 24 heavy (non-hydrogen) atoms. The zero-order chi connectivity index (χ0) is 16.9. The smallest absolute Gasteiger partial charge is 0.338 e. The minimum atomic E-state index is -1.67. The number of carbonyl (C=O) groups excluding carboxylic acids is 1. The average Bonchev–Trinajstić information content (AvgIpc) is 3.17. The van der Waals surface area contributed by atoms with Gasteiger partial charge in [0.2, 0.25) is 0 Å². The molecule has 0 spiro atoms. The molecule has 0 aliphatic carbocycles. The van der Waals surface area contributed by atoms with Crippen LogP contribution in [-0.4, -0.2) is 36.6 Å². The van der Waals surface area contributed by atoms with E-state index in [0.29, 0.717) is 22.4 Å². The van der Waals surface area contributed by atoms with Crippen LogP contribution in [0.25, 0.3) is 22.0 Å². The quantitative estimate of drug-likeness (QED) is 0.441. The Hall–Kier alpha value is -2.68. The fourth-order valence-electron chi connectivity index (χ4n) is 2.57. The molecule has 1 N–H and O–H groups in total. The van der Waals surface area contributed by atoms with E-state index in [-0.39, 0.29) is 12.3 Å². The van der Waals surface area contributed by atoms with Gasteiger partial charge in [-0.15, -0.1) is 0 Å². The molecule has 0 amide bonds. The molecule has 1 aliphatic rings. The van der Waals surface area contributed by atoms with Crippen molar-refractivity contribution in [1.82, 2.24) is 19.7 Å². The van der Waals surface area contributed by atoms with Gasteiger partial charge in [-0.1, -0.05) is 6.07 Å². The summed E-state index contributed by atoms with van der Waals surface area (Å²) in [5.41, 5.74) is 2.74. The number of aliphatic hydroxyl groups is 1. The van der Waals surface area contributed by atoms with Crippen molar-refractivity contribution in [3.63, 3.8) is 0 Å². The topological polar surface area (TPSA) is 106 Å². The van der Waals surface area contributed by atoms with Crippen LogP contribution in [0, 0.1) is 6.92 Å². The van der Waals surface area contributed by atoms with Crippen molar-refractivity contribution >= 4 is 16.7 Å². The van der Waals surface area contributed by atoms with E-state index in [2.05, 4.69) is 24.8 Å². The predicted octanol–water partition coefficient (Wildman–Crippen LogP) is 1.61. The van der Waals surface area contributed by atoms with E-state index in [1.807, 2.05) is 25.1 Å². The van der Waals surface area contributed by atoms with Crippen LogP contribution in [-0.2, 0) is 16.3 Å². The first-order chi connectivity index (χ1) is 11.5. The highest BCUT2D eigenvalue weighted by Gasteiger charge is 2.48. The first-order valence-corrected chi connectivity index (χ1v) is 7.35. The maximum absolute atomic E-state index is 11.9. The molecule has 3 heterocycles. The summed E-state index contributed by atoms with van der Waals surface area (Å²) in [6, 6.07) is 5.58. The fraction of sp³-hybridized carbons (Fsp3) is 0.250. The highest BCUT2D eigenvalue weighted by Crippen LogP contribution is 2.31. The molecule has 3 aromatic rings. The van der Waals surface area contributed by atoms with E-state index < -0.39 is 5.97 Å². The lowest BCUT2D eigenvalue weighted by molar-refractivity contribution is 0.0108. The molecule has 0 bridgehead atoms. The summed E-state index contributed by atoms with van der Waals surface area (Å²) in [6.45, 7) is 3.24. The van der Waals surface area contributed by atoms with Crippen molar-refractivity contribution in [3.8, 4) is 11.1 Å². The van der Waals surface area contributed by atoms with Crippen molar-refractivity contribution in [3.05, 3.63) is 42.1 Å². The minimum Gasteiger partial charge on any atom is -0.338 e. The molecule has 0 unspecified atom stereocenters. The molecule has 1 fully saturated rings. The van der Waals surface area contributed by atoms with Crippen LogP contribution in [0.1, 0.15) is 23.2 Å². The summed E-state index contributed by atoms with van der Waals surface area (Å²) < 4.78 is 1.49. The van der Waals surface area contributed by atoms with Crippen molar-refractivity contribution in [2.75, 3.05) is 0 Å². The summed E-state index contributed by atoms with van der Waals surface area (Å²) in [4.78, 5) is 29.3. The molecular weight excluding hydrogens is 312 g/mol. The van der Waals surface area contributed by atoms with E-state index in [0.717, 1.165) is 11.1 Å². The first kappa shape index (κ1) is 14.9. The number of nitrogens with zero attached hydrogens (tertiary/aromatic N) is 4. The molecule has 0 radical (unpaired) electrons. The van der Waals surface area contributed by atoms with Gasteiger partial charge in [0.1, 0.15) is 18.1 Å². The van der Waals surface area contributed by atoms with Gasteiger partial charge in [0.25, 0.3) is 0 Å². The highest BCUT2D eigenvalue weighted by atomic mass is 17.4. The van der Waals surface area contributed by atoms with Gasteiger partial charge in [0.15, 0.2) is 5.78 Å². The second kappa shape index (κ2) is 5.17. The average molecular weight is 326 g/mol. The maximum Gasteiger partial charge on any atom is 0.357 e. The van der Waals surface area contributed by atoms with Crippen LogP contribution in [0.5, 0.6) is 0 Å². The molecule has 8 nitrogen and oxygen atoms in total. The molecule has 1 saturated heterocycles. The monoisotopic (exact) mass is 326 g/mol. The largest absolute Gasteiger partial charge is 0.357 e. The molecular formula is C16H14N4O4. The predicted molar refractivity (Wildman–Crippen MR) is 82.6 cm³/mol. The summed E-state index contributed by atoms with van der Waals surface area (Å²) in [5.74, 6) is -1.15. The molecule has 8 heteroatoms. The van der Waals surface area contributed by atoms with Crippen LogP contribution >= 0.6 is 0 Å². The van der Waals surface area contributed by atoms with Gasteiger partial charge in [0.05, 0.1) is 5.52 Å². The van der Waals surface area contributed by atoms with Gasteiger partial charge in [-0.05, 0) is 24.6 Å². The van der Waals surface area contributed by atoms with Crippen LogP contribution < -0.4 is 0 Å². The Morgan fingerprint density at radius 1 is 1.25 bits per heavy atom. The zero-order valence-corrected chi connectivity index (χ0v) is 13.1. The number of Topliss-reactive ketones (excluding diaryl/α,β-unsaturated/α-hetero) is 1. The van der Waals surface area contributed by atoms with Crippen LogP contribution in [0.2, 0.25) is 0 Å². The number of carbonyl (C=O) groups is 1. The number of hydrogen-bond acceptors (Lipinski definition) is 7. The van der Waals surface area contributed by atoms with Gasteiger partial charge in [-0.2, -0.15) is 14.9 Å². The summed E-state index contributed by atoms with van der Waals surface area (Å²) in [7, 11) is 0. The highest BCUT2D eigenvalue weighted by molar-refractivity contribution is 6.05. The molecule has 1 aromatic carbocycles. The van der Waals surface area contributed by atoms with Crippen molar-refractivity contribution in [1.29, 1.82) is 0 Å². The Kier molecular flexibility index (Phi) is 3.20. The Balaban J connectivity index is 1.84. The number of aryl methyl sites for hydroxylation is 1. The normalized spacial score (nSPS) is 15.6. The molecule has 0 atom stereocenters. The van der Waals surface area contributed by atoms with E-state index in [9.17, 15) is 9.90 Å². The second-order valence-corrected chi connectivity index (χ2v) is 5.69. The Morgan fingerprint density at radius 3 is 2.58 bits per heavy atom. The van der Waals surface area contributed by atoms with E-state index in [4.69, 9.17) is 0 Å². The van der Waals surface area contributed by atoms with Gasteiger partial charge in [-0.3, -0.25) is 9.48 Å². The third-order valence-electron chi connectivity index (χ3n) is 3.82. The van der Waals surface area contributed by atoms with Crippen molar-refractivity contribution < 1.29 is 19.7 Å². The number of fused-ring (bicyclic) bond motifs is 1. The SMILES string of the molecule is CC(=O)c1nn(CC2(O)OO2)c2ccc(-c3cnc(C)nc3)cc12. The fourth-order valence-corrected chi connectivity index (χ4v) is 2.57. The van der Waals surface area contributed by atoms with Gasteiger partial charge < -0.3 is 5.11 Å². The molecule has 0 saturated carbocycles. The standard InChI is InChI=1S/C16H14N4O4/c1-9(21)15-13-5-11(12-6-17-10(2)18-7-12)3-4-14(13)20(19-15)8-16(22)23-24-16/h3-7,22H,8H2,1-2H3. The zero-order valence-electron chi connectivity index (χ0n) is 13.1. The van der Waals surface area contributed by atoms with E-state index in [1.54, 1.807) is 12.4 Å². The number of ketones is 1. The summed E-state index contributed by atoms with van der Waals surface area (Å²) in [6.07, 6.45) is 3.46. The Bertz CT molecular complexity index is 945. The Morgan fingerprint density at radius 2 is 1.96 bits per heavy atom. The number of rotatable bonds is 4. The number of aromatic nitrogens is 4. The van der Waals surface area contributed by atoms with Crippen molar-refractivity contribution in [2.24, 2.45) is 0 Å². The first-order valence-electron chi connectivity index (χ1n) is 7.35. The minimum absolute atomic E-state index is 0.0240. The Labute approximate surface area is 136 Å². The molecule has 1 aliphatic heterocycles. The van der Waals surface area contributed by atoms with E-state index in [1.165, 1.54) is 11.6 Å². The third-order valence-corrected chi connectivity index (χ3v) is 3.82. The molecule has 122 valence electrons. The van der Waals surface area contributed by atoms with Crippen LogP contribution in [0.15, 0.2) is 30.6 Å². The third kappa shape index (κ3) is 2.56. The lowest BCUT2D eigenvalue weighted by Gasteiger charge is -2.04. The summed E-state index contributed by atoms with van der Waals surface area (Å²) >= 11 is 0. The maximum atomic E-state index is 11.9. The van der Waals surface area contributed by atoms with Gasteiger partial charge in [0, 0.05) is 30.3 Å². The molecule has 4 rings (SSSR count). The van der Waals surface area contributed by atoms with Gasteiger partial charge in [-0.25, -0.2) is 9.97 Å². The van der Waals surface area contributed by atoms with Crippen molar-refractivity contribution in [2.45, 2.75) is 26.4 Å². The lowest BCUT2D eigenvalue weighted by atomic mass is 10.0.